The van der Waals surface area contributed by atoms with Crippen LogP contribution >= 0.6 is 11.8 Å². The monoisotopic (exact) mass is 300 g/mol. The summed E-state index contributed by atoms with van der Waals surface area (Å²) >= 11 is 1.66. The first-order chi connectivity index (χ1) is 10.1. The molecule has 0 radical (unpaired) electrons. The Balaban J connectivity index is 2.11. The van der Waals surface area contributed by atoms with E-state index in [1.54, 1.807) is 11.8 Å². The molecule has 2 N–H and O–H groups in total. The molecule has 3 nitrogen and oxygen atoms in total. The first kappa shape index (κ1) is 15.7. The van der Waals surface area contributed by atoms with Gasteiger partial charge in [-0.2, -0.15) is 0 Å². The van der Waals surface area contributed by atoms with Gasteiger partial charge >= 0.3 is 0 Å². The Bertz CT molecular complexity index is 589. The highest BCUT2D eigenvalue weighted by atomic mass is 32.2. The number of terminal acetylenes is 1. The number of thioether (sulfide) groups is 1. The fraction of sp³-hybridized carbons (Fsp3) is 0.353. The van der Waals surface area contributed by atoms with Crippen LogP contribution in [-0.4, -0.2) is 17.7 Å². The van der Waals surface area contributed by atoms with Gasteiger partial charge < -0.3 is 0 Å². The van der Waals surface area contributed by atoms with E-state index in [2.05, 4.69) is 54.9 Å². The van der Waals surface area contributed by atoms with E-state index in [9.17, 15) is 4.79 Å². The van der Waals surface area contributed by atoms with E-state index in [-0.39, 0.29) is 17.9 Å². The second-order valence-corrected chi connectivity index (χ2v) is 6.35. The van der Waals surface area contributed by atoms with Gasteiger partial charge in [-0.15, -0.1) is 18.2 Å². The molecule has 2 rings (SSSR count). The number of rotatable bonds is 4. The minimum Gasteiger partial charge on any atom is -0.291 e. The van der Waals surface area contributed by atoms with Crippen LogP contribution < -0.4 is 10.9 Å². The molecule has 0 bridgehead atoms. The van der Waals surface area contributed by atoms with Crippen LogP contribution in [0.15, 0.2) is 34.7 Å². The van der Waals surface area contributed by atoms with Crippen molar-refractivity contribution in [1.29, 1.82) is 0 Å². The lowest BCUT2D eigenvalue weighted by molar-refractivity contribution is -0.125. The molecule has 21 heavy (non-hydrogen) atoms. The van der Waals surface area contributed by atoms with Gasteiger partial charge in [-0.05, 0) is 30.5 Å². The number of hydrogen-bond acceptors (Lipinski definition) is 3. The number of carbonyl (C=O) groups is 1. The molecular weight excluding hydrogens is 280 g/mol. The van der Waals surface area contributed by atoms with Gasteiger partial charge in [0.15, 0.2) is 0 Å². The predicted octanol–water partition coefficient (Wildman–Crippen LogP) is 2.84. The Morgan fingerprint density at radius 1 is 1.57 bits per heavy atom. The van der Waals surface area contributed by atoms with Crippen LogP contribution in [0.2, 0.25) is 0 Å². The van der Waals surface area contributed by atoms with Crippen LogP contribution in [-0.2, 0) is 4.79 Å². The van der Waals surface area contributed by atoms with Crippen LogP contribution in [0, 0.1) is 18.3 Å². The van der Waals surface area contributed by atoms with Crippen molar-refractivity contribution in [1.82, 2.24) is 10.9 Å². The lowest BCUT2D eigenvalue weighted by atomic mass is 9.90. The molecule has 1 aromatic rings. The van der Waals surface area contributed by atoms with E-state index in [1.165, 1.54) is 10.5 Å². The summed E-state index contributed by atoms with van der Waals surface area (Å²) in [6.45, 7) is 4.18. The first-order valence-corrected chi connectivity index (χ1v) is 7.97. The molecule has 1 amide bonds. The summed E-state index contributed by atoms with van der Waals surface area (Å²) in [6, 6.07) is 8.49. The van der Waals surface area contributed by atoms with Crippen molar-refractivity contribution in [2.75, 3.05) is 5.75 Å². The minimum atomic E-state index is 0.0548. The molecule has 1 heterocycles. The number of hydrogen-bond donors (Lipinski definition) is 2. The van der Waals surface area contributed by atoms with E-state index in [0.717, 1.165) is 5.56 Å². The Morgan fingerprint density at radius 3 is 3.10 bits per heavy atom. The number of amides is 1. The van der Waals surface area contributed by atoms with Crippen LogP contribution in [0.3, 0.4) is 0 Å². The highest BCUT2D eigenvalue weighted by Crippen LogP contribution is 2.23. The summed E-state index contributed by atoms with van der Waals surface area (Å²) in [4.78, 5) is 12.5. The number of carbonyl (C=O) groups excluding carboxylic acids is 1. The average Bonchev–Trinajstić information content (AvgIpc) is 2.45. The van der Waals surface area contributed by atoms with Gasteiger partial charge in [0.1, 0.15) is 0 Å². The fourth-order valence-electron chi connectivity index (χ4n) is 2.50. The molecule has 1 aliphatic heterocycles. The van der Waals surface area contributed by atoms with Gasteiger partial charge in [0, 0.05) is 11.3 Å². The maximum atomic E-state index is 11.3. The van der Waals surface area contributed by atoms with Crippen molar-refractivity contribution in [2.45, 2.75) is 31.2 Å². The van der Waals surface area contributed by atoms with Crippen molar-refractivity contribution in [3.63, 3.8) is 0 Å². The van der Waals surface area contributed by atoms with Crippen molar-refractivity contribution in [3.05, 3.63) is 35.4 Å². The van der Waals surface area contributed by atoms with E-state index in [0.29, 0.717) is 12.2 Å². The third kappa shape index (κ3) is 4.38. The molecule has 2 unspecified atom stereocenters. The van der Waals surface area contributed by atoms with E-state index in [4.69, 9.17) is 6.42 Å². The molecular formula is C17H20N2OS. The van der Waals surface area contributed by atoms with E-state index >= 15 is 0 Å². The van der Waals surface area contributed by atoms with Crippen molar-refractivity contribution >= 4 is 23.7 Å². The molecule has 0 saturated carbocycles. The summed E-state index contributed by atoms with van der Waals surface area (Å²) in [5.74, 6) is 3.66. The molecule has 2 atom stereocenters. The molecule has 1 saturated heterocycles. The summed E-state index contributed by atoms with van der Waals surface area (Å²) in [6.07, 6.45) is 8.01. The van der Waals surface area contributed by atoms with Crippen molar-refractivity contribution < 1.29 is 4.79 Å². The number of hydrazine groups is 1. The molecule has 0 aliphatic carbocycles. The summed E-state index contributed by atoms with van der Waals surface area (Å²) < 4.78 is 0. The smallest absolute Gasteiger partial charge is 0.234 e. The lowest BCUT2D eigenvalue weighted by Crippen LogP contribution is -2.53. The standard InChI is InChI=1S/C17H20N2OS/c1-4-8-21-15-7-5-6-14(11-15)9-12(2)17-13(3)10-16(20)18-19-17/h1,5-7,9,11,13,17,19H,8,10H2,2-3H3,(H,18,20)/b12-9+. The summed E-state index contributed by atoms with van der Waals surface area (Å²) in [5, 5.41) is 0. The van der Waals surface area contributed by atoms with Crippen molar-refractivity contribution in [3.8, 4) is 12.3 Å². The van der Waals surface area contributed by atoms with Gasteiger partial charge in [-0.3, -0.25) is 10.2 Å². The molecule has 0 spiro atoms. The van der Waals surface area contributed by atoms with Crippen molar-refractivity contribution in [2.24, 2.45) is 5.92 Å². The molecule has 1 fully saturated rings. The van der Waals surface area contributed by atoms with Crippen LogP contribution in [0.1, 0.15) is 25.8 Å². The predicted molar refractivity (Wildman–Crippen MR) is 88.5 cm³/mol. The lowest BCUT2D eigenvalue weighted by Gasteiger charge is -2.30. The number of benzene rings is 1. The molecule has 1 aromatic carbocycles. The third-order valence-corrected chi connectivity index (χ3v) is 4.41. The van der Waals surface area contributed by atoms with Gasteiger partial charge in [0.2, 0.25) is 5.91 Å². The molecule has 0 aromatic heterocycles. The zero-order chi connectivity index (χ0) is 15.2. The molecule has 110 valence electrons. The quantitative estimate of drug-likeness (QED) is 0.663. The highest BCUT2D eigenvalue weighted by Gasteiger charge is 2.26. The van der Waals surface area contributed by atoms with Crippen LogP contribution in [0.5, 0.6) is 0 Å². The fourth-order valence-corrected chi connectivity index (χ4v) is 3.14. The Hall–Kier alpha value is -1.70. The minimum absolute atomic E-state index is 0.0548. The third-order valence-electron chi connectivity index (χ3n) is 3.51. The van der Waals surface area contributed by atoms with Crippen LogP contribution in [0.4, 0.5) is 0 Å². The SMILES string of the molecule is C#CCSc1cccc(/C=C(\C)C2NNC(=O)CC2C)c1. The van der Waals surface area contributed by atoms with Gasteiger partial charge in [0.05, 0.1) is 11.8 Å². The zero-order valence-corrected chi connectivity index (χ0v) is 13.2. The summed E-state index contributed by atoms with van der Waals surface area (Å²) in [5.41, 5.74) is 8.16. The summed E-state index contributed by atoms with van der Waals surface area (Å²) in [7, 11) is 0. The average molecular weight is 300 g/mol. The Labute approximate surface area is 130 Å². The largest absolute Gasteiger partial charge is 0.291 e. The Morgan fingerprint density at radius 2 is 2.38 bits per heavy atom. The molecule has 1 aliphatic rings. The van der Waals surface area contributed by atoms with E-state index < -0.39 is 0 Å². The number of nitrogens with one attached hydrogen (secondary N) is 2. The highest BCUT2D eigenvalue weighted by molar-refractivity contribution is 7.99. The van der Waals surface area contributed by atoms with Gasteiger partial charge in [0.25, 0.3) is 0 Å². The second kappa shape index (κ2) is 7.35. The Kier molecular flexibility index (Phi) is 5.49. The second-order valence-electron chi connectivity index (χ2n) is 5.31. The maximum absolute atomic E-state index is 11.3. The zero-order valence-electron chi connectivity index (χ0n) is 12.3. The van der Waals surface area contributed by atoms with Gasteiger partial charge in [-0.25, -0.2) is 5.43 Å². The van der Waals surface area contributed by atoms with Gasteiger partial charge in [-0.1, -0.05) is 36.6 Å². The maximum Gasteiger partial charge on any atom is 0.234 e. The van der Waals surface area contributed by atoms with Crippen LogP contribution in [0.25, 0.3) is 6.08 Å². The topological polar surface area (TPSA) is 41.1 Å². The van der Waals surface area contributed by atoms with E-state index in [1.807, 2.05) is 6.07 Å². The normalized spacial score (nSPS) is 22.5. The molecule has 4 heteroatoms. The first-order valence-electron chi connectivity index (χ1n) is 6.99.